The average Bonchev–Trinajstić information content (AvgIpc) is 3.40. The molecular weight excluding hydrogens is 556 g/mol. The van der Waals surface area contributed by atoms with Gasteiger partial charge in [0, 0.05) is 43.2 Å². The molecule has 6 rings (SSSR count). The lowest BCUT2D eigenvalue weighted by Gasteiger charge is -2.50. The zero-order chi connectivity index (χ0) is 31.0. The molecule has 1 aromatic carbocycles. The Balaban J connectivity index is 1.41. The van der Waals surface area contributed by atoms with Gasteiger partial charge in [-0.25, -0.2) is 0 Å². The zero-order valence-electron chi connectivity index (χ0n) is 24.3. The summed E-state index contributed by atoms with van der Waals surface area (Å²) in [6.45, 7) is 4.43. The van der Waals surface area contributed by atoms with E-state index < -0.39 is 58.0 Å². The van der Waals surface area contributed by atoms with Gasteiger partial charge in [-0.3, -0.25) is 24.2 Å². The number of Topliss-reactive ketones (excluding diaryl/α,β-unsaturated/α-hetero) is 2. The first-order valence-electron chi connectivity index (χ1n) is 14.3. The molecule has 1 aliphatic heterocycles. The number of ketones is 2. The summed E-state index contributed by atoms with van der Waals surface area (Å²) in [6.07, 6.45) is 0.209. The number of hydrogen-bond donors (Lipinski definition) is 5. The summed E-state index contributed by atoms with van der Waals surface area (Å²) in [4.78, 5) is 45.7. The molecule has 2 heterocycles. The molecule has 1 amide bonds. The summed E-state index contributed by atoms with van der Waals surface area (Å²) in [7, 11) is 5.29. The Hall–Kier alpha value is -3.97. The van der Waals surface area contributed by atoms with E-state index in [0.29, 0.717) is 23.4 Å². The highest BCUT2D eigenvalue weighted by molar-refractivity contribution is 6.24. The Kier molecular flexibility index (Phi) is 7.00. The van der Waals surface area contributed by atoms with Gasteiger partial charge in [-0.2, -0.15) is 0 Å². The maximum Gasteiger partial charge on any atom is 0.255 e. The summed E-state index contributed by atoms with van der Waals surface area (Å²) in [5, 5.41) is 45.0. The lowest BCUT2D eigenvalue weighted by atomic mass is 9.58. The molecule has 1 fully saturated rings. The van der Waals surface area contributed by atoms with E-state index in [-0.39, 0.29) is 29.7 Å². The number of allylic oxidation sites excluding steroid dienone is 1. The van der Waals surface area contributed by atoms with E-state index in [2.05, 4.69) is 16.8 Å². The van der Waals surface area contributed by atoms with Gasteiger partial charge in [0.25, 0.3) is 5.91 Å². The summed E-state index contributed by atoms with van der Waals surface area (Å²) >= 11 is 0. The minimum absolute atomic E-state index is 0.0215. The summed E-state index contributed by atoms with van der Waals surface area (Å²) in [5.41, 5.74) is 2.80. The van der Waals surface area contributed by atoms with E-state index >= 15 is 0 Å². The molecule has 0 saturated carbocycles. The first kappa shape index (κ1) is 29.1. The molecule has 0 spiro atoms. The molecule has 4 atom stereocenters. The number of rotatable bonds is 5. The molecule has 228 valence electrons. The molecule has 12 heteroatoms. The molecule has 3 aliphatic carbocycles. The largest absolute Gasteiger partial charge is 0.510 e. The third-order valence-corrected chi connectivity index (χ3v) is 9.51. The summed E-state index contributed by atoms with van der Waals surface area (Å²) in [5.74, 6) is -5.48. The van der Waals surface area contributed by atoms with Crippen molar-refractivity contribution in [3.05, 3.63) is 63.8 Å². The Morgan fingerprint density at radius 3 is 2.44 bits per heavy atom. The molecule has 0 radical (unpaired) electrons. The van der Waals surface area contributed by atoms with Gasteiger partial charge < -0.3 is 35.5 Å². The van der Waals surface area contributed by atoms with Crippen molar-refractivity contribution in [1.29, 1.82) is 0 Å². The Labute approximate surface area is 248 Å². The molecule has 12 nitrogen and oxygen atoms in total. The number of benzene rings is 1. The number of likely N-dealkylation sites (N-methyl/N-ethyl adjacent to an activating group) is 2. The first-order chi connectivity index (χ1) is 20.3. The van der Waals surface area contributed by atoms with Crippen molar-refractivity contribution in [2.75, 3.05) is 47.3 Å². The minimum Gasteiger partial charge on any atom is -0.510 e. The molecular formula is C31H36N4O8. The number of phenols is 1. The zero-order valence-corrected chi connectivity index (χ0v) is 24.3. The van der Waals surface area contributed by atoms with Crippen LogP contribution in [0.15, 0.2) is 51.3 Å². The van der Waals surface area contributed by atoms with E-state index in [0.717, 1.165) is 31.9 Å². The van der Waals surface area contributed by atoms with E-state index in [1.807, 2.05) is 12.1 Å². The van der Waals surface area contributed by atoms with Crippen LogP contribution in [0.25, 0.3) is 11.3 Å². The number of aliphatic hydroxyl groups is 3. The highest BCUT2D eigenvalue weighted by Crippen LogP contribution is 2.53. The number of nitrogens with zero attached hydrogens (tertiary/aromatic N) is 3. The third-order valence-electron chi connectivity index (χ3n) is 9.51. The second kappa shape index (κ2) is 10.3. The van der Waals surface area contributed by atoms with Crippen molar-refractivity contribution in [3.63, 3.8) is 0 Å². The summed E-state index contributed by atoms with van der Waals surface area (Å²) < 4.78 is 6.23. The lowest BCUT2D eigenvalue weighted by Crippen LogP contribution is -2.63. The predicted molar refractivity (Wildman–Crippen MR) is 154 cm³/mol. The molecule has 0 bridgehead atoms. The predicted octanol–water partition coefficient (Wildman–Crippen LogP) is 1.13. The Bertz CT molecular complexity index is 1600. The number of hydrogen-bond acceptors (Lipinski definition) is 11. The standard InChI is InChI=1S/C31H36N4O8/c1-33(2)25-19-13-15-12-18-17(21-7-4-16(43-21)14-35-10-8-34(3)9-11-35)5-6-20(36)23(18)26(37)22(15)28(39)31(19,42)29(40)24(27(25)38)30(32)41/h4-7,15,19,25,36,38-39,42H,8-14H2,1-3H3,(H2,32,41)/t15-,19+,25?,31+/m1/s1. The number of furan rings is 1. The van der Waals surface area contributed by atoms with Crippen LogP contribution in [0, 0.1) is 11.8 Å². The van der Waals surface area contributed by atoms with Crippen molar-refractivity contribution in [2.45, 2.75) is 31.0 Å². The van der Waals surface area contributed by atoms with Gasteiger partial charge in [0.1, 0.15) is 34.4 Å². The Morgan fingerprint density at radius 1 is 1.09 bits per heavy atom. The number of carbonyl (C=O) groups excluding carboxylic acids is 3. The van der Waals surface area contributed by atoms with Crippen molar-refractivity contribution >= 4 is 17.5 Å². The fourth-order valence-corrected chi connectivity index (χ4v) is 7.32. The monoisotopic (exact) mass is 592 g/mol. The quantitative estimate of drug-likeness (QED) is 0.314. The van der Waals surface area contributed by atoms with Gasteiger partial charge in [0.05, 0.1) is 18.2 Å². The van der Waals surface area contributed by atoms with E-state index in [1.54, 1.807) is 20.2 Å². The normalized spacial score (nSPS) is 28.3. The smallest absolute Gasteiger partial charge is 0.255 e. The third kappa shape index (κ3) is 4.39. The number of fused-ring (bicyclic) bond motifs is 3. The Morgan fingerprint density at radius 2 is 1.79 bits per heavy atom. The molecule has 2 aromatic rings. The summed E-state index contributed by atoms with van der Waals surface area (Å²) in [6, 6.07) is 5.76. The van der Waals surface area contributed by atoms with Crippen molar-refractivity contribution in [3.8, 4) is 17.1 Å². The number of piperazine rings is 1. The van der Waals surface area contributed by atoms with Crippen molar-refractivity contribution in [2.24, 2.45) is 17.6 Å². The van der Waals surface area contributed by atoms with Gasteiger partial charge >= 0.3 is 0 Å². The highest BCUT2D eigenvalue weighted by atomic mass is 16.4. The lowest BCUT2D eigenvalue weighted by molar-refractivity contribution is -0.148. The van der Waals surface area contributed by atoms with Crippen LogP contribution in [0.4, 0.5) is 0 Å². The second-order valence-corrected chi connectivity index (χ2v) is 12.3. The average molecular weight is 593 g/mol. The fourth-order valence-electron chi connectivity index (χ4n) is 7.32. The van der Waals surface area contributed by atoms with Crippen LogP contribution in [-0.4, -0.2) is 112 Å². The number of amides is 1. The highest BCUT2D eigenvalue weighted by Gasteiger charge is 2.63. The second-order valence-electron chi connectivity index (χ2n) is 12.3. The number of phenolic OH excluding ortho intramolecular Hbond substituents is 1. The topological polar surface area (TPSA) is 181 Å². The van der Waals surface area contributed by atoms with Gasteiger partial charge in [0.15, 0.2) is 11.4 Å². The van der Waals surface area contributed by atoms with Gasteiger partial charge in [-0.05, 0) is 69.7 Å². The molecule has 1 saturated heterocycles. The van der Waals surface area contributed by atoms with Crippen LogP contribution in [0.1, 0.15) is 28.1 Å². The maximum atomic E-state index is 14.0. The minimum atomic E-state index is -2.67. The van der Waals surface area contributed by atoms with E-state index in [1.165, 1.54) is 11.0 Å². The molecule has 1 unspecified atom stereocenters. The van der Waals surface area contributed by atoms with E-state index in [9.17, 15) is 34.8 Å². The first-order valence-corrected chi connectivity index (χ1v) is 14.3. The maximum absolute atomic E-state index is 14.0. The van der Waals surface area contributed by atoms with Crippen LogP contribution < -0.4 is 5.73 Å². The number of nitrogens with two attached hydrogens (primary N) is 1. The SMILES string of the molecule is CN1CCN(Cc2ccc(-c3ccc(O)c4c3C[C@@H]3C[C@H]5C(N(C)C)C(O)=C(C(N)=O)C(=O)[C@@]5(O)C(O)=C3C4=O)o2)CC1. The van der Waals surface area contributed by atoms with Gasteiger partial charge in [0.2, 0.25) is 5.78 Å². The van der Waals surface area contributed by atoms with Crippen LogP contribution in [0.2, 0.25) is 0 Å². The van der Waals surface area contributed by atoms with E-state index in [4.69, 9.17) is 10.2 Å². The van der Waals surface area contributed by atoms with Crippen molar-refractivity contribution in [1.82, 2.24) is 14.7 Å². The molecule has 6 N–H and O–H groups in total. The molecule has 43 heavy (non-hydrogen) atoms. The molecule has 1 aromatic heterocycles. The number of primary amides is 1. The van der Waals surface area contributed by atoms with Crippen LogP contribution >= 0.6 is 0 Å². The fraction of sp³-hybridized carbons (Fsp3) is 0.452. The number of carbonyl (C=O) groups is 3. The number of aliphatic hydroxyl groups excluding tert-OH is 2. The van der Waals surface area contributed by atoms with Crippen LogP contribution in [0.3, 0.4) is 0 Å². The van der Waals surface area contributed by atoms with Gasteiger partial charge in [-0.15, -0.1) is 0 Å². The van der Waals surface area contributed by atoms with Crippen LogP contribution in [-0.2, 0) is 22.6 Å². The van der Waals surface area contributed by atoms with Crippen molar-refractivity contribution < 1.29 is 39.2 Å². The van der Waals surface area contributed by atoms with Gasteiger partial charge in [-0.1, -0.05) is 0 Å². The molecule has 4 aliphatic rings. The van der Waals surface area contributed by atoms with Crippen LogP contribution in [0.5, 0.6) is 5.75 Å². The number of aromatic hydroxyl groups is 1.